The molecule has 0 bridgehead atoms. The van der Waals surface area contributed by atoms with E-state index in [0.29, 0.717) is 18.4 Å². The lowest BCUT2D eigenvalue weighted by Crippen LogP contribution is -2.34. The molecule has 0 aliphatic heterocycles. The molecule has 3 N–H and O–H groups in total. The van der Waals surface area contributed by atoms with Crippen molar-refractivity contribution in [2.75, 3.05) is 11.9 Å². The standard InChI is InChI=1S/C14H24N4/c1-14(2,7-8-15)18-13-16-9-12(10-17-13)11-5-3-4-6-11/h9-11H,3-8,15H2,1-2H3,(H,16,17,18). The average molecular weight is 248 g/mol. The largest absolute Gasteiger partial charge is 0.349 e. The predicted molar refractivity (Wildman–Crippen MR) is 74.6 cm³/mol. The van der Waals surface area contributed by atoms with Gasteiger partial charge in [-0.05, 0) is 51.1 Å². The van der Waals surface area contributed by atoms with E-state index in [4.69, 9.17) is 5.73 Å². The molecule has 0 spiro atoms. The summed E-state index contributed by atoms with van der Waals surface area (Å²) in [6.45, 7) is 4.91. The third kappa shape index (κ3) is 3.42. The summed E-state index contributed by atoms with van der Waals surface area (Å²) in [7, 11) is 0. The van der Waals surface area contributed by atoms with Crippen molar-refractivity contribution in [2.45, 2.75) is 57.4 Å². The van der Waals surface area contributed by atoms with Crippen LogP contribution in [0.3, 0.4) is 0 Å². The van der Waals surface area contributed by atoms with E-state index < -0.39 is 0 Å². The van der Waals surface area contributed by atoms with Crippen molar-refractivity contribution >= 4 is 5.95 Å². The van der Waals surface area contributed by atoms with E-state index in [9.17, 15) is 0 Å². The number of hydrogen-bond donors (Lipinski definition) is 2. The van der Waals surface area contributed by atoms with Crippen molar-refractivity contribution in [3.05, 3.63) is 18.0 Å². The summed E-state index contributed by atoms with van der Waals surface area (Å²) in [5, 5.41) is 3.33. The quantitative estimate of drug-likeness (QED) is 0.841. The Morgan fingerprint density at radius 3 is 2.44 bits per heavy atom. The Morgan fingerprint density at radius 2 is 1.89 bits per heavy atom. The Hall–Kier alpha value is -1.16. The summed E-state index contributed by atoms with van der Waals surface area (Å²) < 4.78 is 0. The molecule has 0 saturated heterocycles. The van der Waals surface area contributed by atoms with Crippen molar-refractivity contribution < 1.29 is 0 Å². The highest BCUT2D eigenvalue weighted by atomic mass is 15.1. The van der Waals surface area contributed by atoms with Crippen LogP contribution in [0.4, 0.5) is 5.95 Å². The summed E-state index contributed by atoms with van der Waals surface area (Å²) in [5.74, 6) is 1.38. The van der Waals surface area contributed by atoms with Crippen molar-refractivity contribution in [2.24, 2.45) is 5.73 Å². The monoisotopic (exact) mass is 248 g/mol. The lowest BCUT2D eigenvalue weighted by molar-refractivity contribution is 0.521. The normalized spacial score (nSPS) is 17.1. The maximum absolute atomic E-state index is 5.59. The Kier molecular flexibility index (Phi) is 4.17. The van der Waals surface area contributed by atoms with Gasteiger partial charge in [-0.2, -0.15) is 0 Å². The fourth-order valence-corrected chi connectivity index (χ4v) is 2.60. The van der Waals surface area contributed by atoms with Crippen LogP contribution in [0, 0.1) is 0 Å². The fourth-order valence-electron chi connectivity index (χ4n) is 2.60. The molecule has 0 atom stereocenters. The van der Waals surface area contributed by atoms with Gasteiger partial charge in [-0.1, -0.05) is 12.8 Å². The highest BCUT2D eigenvalue weighted by molar-refractivity contribution is 5.29. The Morgan fingerprint density at radius 1 is 1.28 bits per heavy atom. The first-order valence-electron chi connectivity index (χ1n) is 6.91. The molecule has 100 valence electrons. The van der Waals surface area contributed by atoms with E-state index in [1.807, 2.05) is 12.4 Å². The zero-order valence-corrected chi connectivity index (χ0v) is 11.4. The number of nitrogens with one attached hydrogen (secondary N) is 1. The molecule has 1 heterocycles. The van der Waals surface area contributed by atoms with Gasteiger partial charge in [-0.3, -0.25) is 0 Å². The minimum atomic E-state index is -0.0520. The first-order chi connectivity index (χ1) is 8.61. The molecule has 1 aliphatic rings. The number of nitrogens with zero attached hydrogens (tertiary/aromatic N) is 2. The van der Waals surface area contributed by atoms with E-state index in [1.165, 1.54) is 31.2 Å². The minimum absolute atomic E-state index is 0.0520. The Labute approximate surface area is 109 Å². The van der Waals surface area contributed by atoms with Gasteiger partial charge in [-0.15, -0.1) is 0 Å². The second kappa shape index (κ2) is 5.65. The predicted octanol–water partition coefficient (Wildman–Crippen LogP) is 2.67. The third-order valence-electron chi connectivity index (χ3n) is 3.72. The molecule has 1 fully saturated rings. The molecule has 0 unspecified atom stereocenters. The summed E-state index contributed by atoms with van der Waals surface area (Å²) in [6, 6.07) is 0. The second-order valence-corrected chi connectivity index (χ2v) is 5.87. The third-order valence-corrected chi connectivity index (χ3v) is 3.72. The average Bonchev–Trinajstić information content (AvgIpc) is 2.82. The van der Waals surface area contributed by atoms with E-state index in [1.54, 1.807) is 0 Å². The summed E-state index contributed by atoms with van der Waals surface area (Å²) in [5.41, 5.74) is 6.83. The summed E-state index contributed by atoms with van der Waals surface area (Å²) in [4.78, 5) is 8.86. The molecule has 1 aromatic heterocycles. The highest BCUT2D eigenvalue weighted by Gasteiger charge is 2.19. The summed E-state index contributed by atoms with van der Waals surface area (Å²) >= 11 is 0. The van der Waals surface area contributed by atoms with Crippen molar-refractivity contribution in [1.29, 1.82) is 0 Å². The zero-order chi connectivity index (χ0) is 13.0. The van der Waals surface area contributed by atoms with Crippen LogP contribution >= 0.6 is 0 Å². The van der Waals surface area contributed by atoms with E-state index in [-0.39, 0.29) is 5.54 Å². The Balaban J connectivity index is 1.99. The van der Waals surface area contributed by atoms with Crippen LogP contribution in [-0.2, 0) is 0 Å². The van der Waals surface area contributed by atoms with Gasteiger partial charge in [0.15, 0.2) is 0 Å². The maximum Gasteiger partial charge on any atom is 0.223 e. The molecule has 4 heteroatoms. The van der Waals surface area contributed by atoms with E-state index >= 15 is 0 Å². The van der Waals surface area contributed by atoms with Crippen LogP contribution in [0.25, 0.3) is 0 Å². The van der Waals surface area contributed by atoms with Crippen LogP contribution in [0.2, 0.25) is 0 Å². The van der Waals surface area contributed by atoms with Gasteiger partial charge < -0.3 is 11.1 Å². The lowest BCUT2D eigenvalue weighted by atomic mass is 10.0. The first-order valence-corrected chi connectivity index (χ1v) is 6.91. The highest BCUT2D eigenvalue weighted by Crippen LogP contribution is 2.33. The van der Waals surface area contributed by atoms with Gasteiger partial charge in [0.2, 0.25) is 5.95 Å². The fraction of sp³-hybridized carbons (Fsp3) is 0.714. The van der Waals surface area contributed by atoms with E-state index in [2.05, 4.69) is 29.1 Å². The minimum Gasteiger partial charge on any atom is -0.349 e. The molecule has 18 heavy (non-hydrogen) atoms. The van der Waals surface area contributed by atoms with Gasteiger partial charge in [0, 0.05) is 17.9 Å². The lowest BCUT2D eigenvalue weighted by Gasteiger charge is -2.25. The molecular formula is C14H24N4. The van der Waals surface area contributed by atoms with Gasteiger partial charge >= 0.3 is 0 Å². The molecular weight excluding hydrogens is 224 g/mol. The van der Waals surface area contributed by atoms with Crippen LogP contribution in [0.5, 0.6) is 0 Å². The van der Waals surface area contributed by atoms with E-state index in [0.717, 1.165) is 6.42 Å². The zero-order valence-electron chi connectivity index (χ0n) is 11.4. The molecule has 0 radical (unpaired) electrons. The number of rotatable bonds is 5. The maximum atomic E-state index is 5.59. The van der Waals surface area contributed by atoms with Crippen LogP contribution in [0.1, 0.15) is 57.4 Å². The molecule has 0 aromatic carbocycles. The van der Waals surface area contributed by atoms with Crippen molar-refractivity contribution in [1.82, 2.24) is 9.97 Å². The van der Waals surface area contributed by atoms with Gasteiger partial charge in [-0.25, -0.2) is 9.97 Å². The van der Waals surface area contributed by atoms with Crippen LogP contribution < -0.4 is 11.1 Å². The number of nitrogens with two attached hydrogens (primary N) is 1. The summed E-state index contributed by atoms with van der Waals surface area (Å²) in [6.07, 6.45) is 10.1. The smallest absolute Gasteiger partial charge is 0.223 e. The van der Waals surface area contributed by atoms with Gasteiger partial charge in [0.05, 0.1) is 0 Å². The number of hydrogen-bond acceptors (Lipinski definition) is 4. The molecule has 4 nitrogen and oxygen atoms in total. The molecule has 1 aliphatic carbocycles. The SMILES string of the molecule is CC(C)(CCN)Nc1ncc(C2CCCC2)cn1. The first kappa shape index (κ1) is 13.3. The molecule has 1 aromatic rings. The van der Waals surface area contributed by atoms with Crippen molar-refractivity contribution in [3.8, 4) is 0 Å². The van der Waals surface area contributed by atoms with Gasteiger partial charge in [0.1, 0.15) is 0 Å². The van der Waals surface area contributed by atoms with Crippen LogP contribution in [-0.4, -0.2) is 22.1 Å². The van der Waals surface area contributed by atoms with Gasteiger partial charge in [0.25, 0.3) is 0 Å². The number of aromatic nitrogens is 2. The second-order valence-electron chi connectivity index (χ2n) is 5.87. The topological polar surface area (TPSA) is 63.8 Å². The number of anilines is 1. The Bertz CT molecular complexity index is 366. The molecule has 0 amide bonds. The molecule has 1 saturated carbocycles. The van der Waals surface area contributed by atoms with Crippen LogP contribution in [0.15, 0.2) is 12.4 Å². The molecule has 2 rings (SSSR count). The van der Waals surface area contributed by atoms with Crippen molar-refractivity contribution in [3.63, 3.8) is 0 Å².